The number of aromatic nitrogens is 1. The highest BCUT2D eigenvalue weighted by molar-refractivity contribution is 9.10. The smallest absolute Gasteiger partial charge is 0.0711 e. The summed E-state index contributed by atoms with van der Waals surface area (Å²) in [6.07, 6.45) is 9.57. The molecule has 1 aliphatic carbocycles. The second-order valence-electron chi connectivity index (χ2n) is 6.35. The minimum atomic E-state index is 0.296. The summed E-state index contributed by atoms with van der Waals surface area (Å²) in [5.74, 6) is 0.296. The van der Waals surface area contributed by atoms with E-state index in [0.717, 1.165) is 44.0 Å². The molecule has 2 aromatic carbocycles. The lowest BCUT2D eigenvalue weighted by atomic mass is 9.93. The number of nitrogens with zero attached hydrogens (tertiary/aromatic N) is 1. The van der Waals surface area contributed by atoms with Crippen LogP contribution in [-0.2, 0) is 0 Å². The monoisotopic (exact) mass is 421 g/mol. The van der Waals surface area contributed by atoms with Gasteiger partial charge in [-0.2, -0.15) is 0 Å². The maximum absolute atomic E-state index is 6.28. The molecule has 3 heteroatoms. The average Bonchev–Trinajstić information content (AvgIpc) is 2.68. The maximum atomic E-state index is 6.28. The number of hydrogen-bond acceptors (Lipinski definition) is 1. The first-order chi connectivity index (χ1) is 12.7. The summed E-state index contributed by atoms with van der Waals surface area (Å²) >= 11 is 9.83. The van der Waals surface area contributed by atoms with Crippen LogP contribution in [0.25, 0.3) is 22.4 Å². The molecule has 0 spiro atoms. The molecule has 0 fully saturated rings. The molecule has 0 N–H and O–H groups in total. The molecule has 0 saturated carbocycles. The van der Waals surface area contributed by atoms with Crippen LogP contribution in [0.3, 0.4) is 0 Å². The van der Waals surface area contributed by atoms with Crippen molar-refractivity contribution in [2.24, 2.45) is 0 Å². The summed E-state index contributed by atoms with van der Waals surface area (Å²) in [5.41, 5.74) is 5.39. The van der Waals surface area contributed by atoms with Gasteiger partial charge < -0.3 is 0 Å². The Kier molecular flexibility index (Phi) is 5.05. The topological polar surface area (TPSA) is 12.9 Å². The quantitative estimate of drug-likeness (QED) is 0.427. The van der Waals surface area contributed by atoms with Crippen molar-refractivity contribution in [3.8, 4) is 22.4 Å². The van der Waals surface area contributed by atoms with Gasteiger partial charge >= 0.3 is 0 Å². The fourth-order valence-corrected chi connectivity index (χ4v) is 4.05. The minimum Gasteiger partial charge on any atom is -0.252 e. The predicted octanol–water partition coefficient (Wildman–Crippen LogP) is 7.43. The first-order valence-corrected chi connectivity index (χ1v) is 9.73. The third-order valence-electron chi connectivity index (χ3n) is 4.47. The Morgan fingerprint density at radius 3 is 2.42 bits per heavy atom. The van der Waals surface area contributed by atoms with Crippen molar-refractivity contribution >= 4 is 27.5 Å². The first kappa shape index (κ1) is 17.3. The average molecular weight is 423 g/mol. The molecular weight excluding hydrogens is 406 g/mol. The molecule has 26 heavy (non-hydrogen) atoms. The molecule has 0 saturated heterocycles. The number of halogens is 2. The molecule has 0 bridgehead atoms. The van der Waals surface area contributed by atoms with Crippen LogP contribution < -0.4 is 0 Å². The Morgan fingerprint density at radius 1 is 0.885 bits per heavy atom. The van der Waals surface area contributed by atoms with E-state index in [1.54, 1.807) is 0 Å². The van der Waals surface area contributed by atoms with Gasteiger partial charge in [0.25, 0.3) is 0 Å². The molecular formula is C23H17BrClN. The van der Waals surface area contributed by atoms with Crippen molar-refractivity contribution < 1.29 is 0 Å². The van der Waals surface area contributed by atoms with Gasteiger partial charge in [-0.25, -0.2) is 0 Å². The number of benzene rings is 2. The molecule has 128 valence electrons. The molecule has 4 rings (SSSR count). The van der Waals surface area contributed by atoms with Crippen LogP contribution in [-0.4, -0.2) is 4.98 Å². The fourth-order valence-electron chi connectivity index (χ4n) is 3.19. The van der Waals surface area contributed by atoms with Gasteiger partial charge in [0.1, 0.15) is 0 Å². The van der Waals surface area contributed by atoms with Gasteiger partial charge in [0.15, 0.2) is 0 Å². The van der Waals surface area contributed by atoms with Crippen LogP contribution in [0.15, 0.2) is 89.4 Å². The van der Waals surface area contributed by atoms with E-state index in [1.165, 1.54) is 0 Å². The molecule has 0 amide bonds. The highest BCUT2D eigenvalue weighted by Crippen LogP contribution is 2.33. The summed E-state index contributed by atoms with van der Waals surface area (Å²) in [6, 6.07) is 20.6. The Balaban J connectivity index is 1.87. The highest BCUT2D eigenvalue weighted by atomic mass is 79.9. The van der Waals surface area contributed by atoms with Gasteiger partial charge in [-0.15, -0.1) is 0 Å². The van der Waals surface area contributed by atoms with E-state index >= 15 is 0 Å². The van der Waals surface area contributed by atoms with Crippen molar-refractivity contribution in [1.82, 2.24) is 4.98 Å². The lowest BCUT2D eigenvalue weighted by Crippen LogP contribution is -2.01. The van der Waals surface area contributed by atoms with E-state index in [9.17, 15) is 0 Å². The van der Waals surface area contributed by atoms with E-state index in [2.05, 4.69) is 70.6 Å². The summed E-state index contributed by atoms with van der Waals surface area (Å²) < 4.78 is 0.972. The van der Waals surface area contributed by atoms with Gasteiger partial charge in [-0.05, 0) is 47.9 Å². The van der Waals surface area contributed by atoms with Crippen molar-refractivity contribution in [3.05, 3.63) is 100 Å². The molecule has 1 atom stereocenters. The van der Waals surface area contributed by atoms with E-state index in [-0.39, 0.29) is 0 Å². The van der Waals surface area contributed by atoms with Crippen molar-refractivity contribution in [2.45, 2.75) is 12.3 Å². The molecule has 1 unspecified atom stereocenters. The van der Waals surface area contributed by atoms with Crippen LogP contribution in [0.5, 0.6) is 0 Å². The number of allylic oxidation sites excluding steroid dienone is 4. The van der Waals surface area contributed by atoms with Crippen molar-refractivity contribution in [2.75, 3.05) is 0 Å². The third kappa shape index (κ3) is 3.82. The highest BCUT2D eigenvalue weighted by Gasteiger charge is 2.14. The van der Waals surface area contributed by atoms with Crippen LogP contribution in [0.1, 0.15) is 18.0 Å². The lowest BCUT2D eigenvalue weighted by molar-refractivity contribution is 0.818. The second kappa shape index (κ2) is 7.61. The Bertz CT molecular complexity index is 972. The van der Waals surface area contributed by atoms with E-state index in [4.69, 9.17) is 16.6 Å². The normalized spacial score (nSPS) is 16.0. The standard InChI is InChI=1S/C23H17BrClN/c24-20-11-18(12-21(25)15-20)19-13-22(16-7-3-1-4-8-16)26-23(14-19)17-9-5-2-6-10-17/h1-9,11-15,17H,10H2. The van der Waals surface area contributed by atoms with Gasteiger partial charge in [-0.3, -0.25) is 4.98 Å². The zero-order chi connectivity index (χ0) is 17.9. The summed E-state index contributed by atoms with van der Waals surface area (Å²) in [6.45, 7) is 0. The Morgan fingerprint density at radius 2 is 1.69 bits per heavy atom. The van der Waals surface area contributed by atoms with E-state index in [0.29, 0.717) is 5.92 Å². The predicted molar refractivity (Wildman–Crippen MR) is 113 cm³/mol. The van der Waals surface area contributed by atoms with Crippen LogP contribution >= 0.6 is 27.5 Å². The van der Waals surface area contributed by atoms with Gasteiger partial charge in [0.2, 0.25) is 0 Å². The van der Waals surface area contributed by atoms with Crippen molar-refractivity contribution in [3.63, 3.8) is 0 Å². The zero-order valence-electron chi connectivity index (χ0n) is 14.1. The fraction of sp³-hybridized carbons (Fsp3) is 0.0870. The zero-order valence-corrected chi connectivity index (χ0v) is 16.4. The maximum Gasteiger partial charge on any atom is 0.0711 e. The minimum absolute atomic E-state index is 0.296. The molecule has 3 aromatic rings. The van der Waals surface area contributed by atoms with Gasteiger partial charge in [0.05, 0.1) is 5.69 Å². The number of rotatable bonds is 3. The molecule has 0 radical (unpaired) electrons. The van der Waals surface area contributed by atoms with E-state index in [1.807, 2.05) is 30.3 Å². The lowest BCUT2D eigenvalue weighted by Gasteiger charge is -2.16. The number of pyridine rings is 1. The summed E-state index contributed by atoms with van der Waals surface area (Å²) in [7, 11) is 0. The molecule has 1 aliphatic rings. The van der Waals surface area contributed by atoms with Crippen molar-refractivity contribution in [1.29, 1.82) is 0 Å². The van der Waals surface area contributed by atoms with Gasteiger partial charge in [0, 0.05) is 26.7 Å². The Hall–Kier alpha value is -2.16. The third-order valence-corrected chi connectivity index (χ3v) is 5.15. The second-order valence-corrected chi connectivity index (χ2v) is 7.70. The summed E-state index contributed by atoms with van der Waals surface area (Å²) in [4.78, 5) is 4.97. The van der Waals surface area contributed by atoms with Crippen LogP contribution in [0.4, 0.5) is 0 Å². The molecule has 1 nitrogen and oxygen atoms in total. The molecule has 0 aliphatic heterocycles. The largest absolute Gasteiger partial charge is 0.252 e. The Labute approximate surface area is 167 Å². The molecule has 1 aromatic heterocycles. The van der Waals surface area contributed by atoms with Gasteiger partial charge in [-0.1, -0.05) is 82.2 Å². The number of hydrogen-bond donors (Lipinski definition) is 0. The first-order valence-electron chi connectivity index (χ1n) is 8.56. The molecule has 1 heterocycles. The summed E-state index contributed by atoms with van der Waals surface area (Å²) in [5, 5.41) is 0.717. The van der Waals surface area contributed by atoms with Crippen LogP contribution in [0, 0.1) is 0 Å². The van der Waals surface area contributed by atoms with E-state index < -0.39 is 0 Å². The van der Waals surface area contributed by atoms with Crippen LogP contribution in [0.2, 0.25) is 5.02 Å². The SMILES string of the molecule is Clc1cc(Br)cc(-c2cc(-c3ccccc3)nc(C3C=CC=CC3)c2)c1.